The van der Waals surface area contributed by atoms with Crippen molar-refractivity contribution in [2.45, 2.75) is 13.5 Å². The Balaban J connectivity index is 2.27. The molecule has 0 saturated heterocycles. The molecule has 1 aromatic carbocycles. The molecule has 5 heteroatoms. The number of esters is 1. The van der Waals surface area contributed by atoms with Gasteiger partial charge in [-0.05, 0) is 52.2 Å². The van der Waals surface area contributed by atoms with Crippen LogP contribution in [-0.2, 0) is 11.3 Å². The lowest BCUT2D eigenvalue weighted by Gasteiger charge is -2.08. The normalized spacial score (nSPS) is 10.3. The van der Waals surface area contributed by atoms with Gasteiger partial charge in [0.2, 0.25) is 0 Å². The van der Waals surface area contributed by atoms with Gasteiger partial charge in [-0.2, -0.15) is 0 Å². The van der Waals surface area contributed by atoms with Gasteiger partial charge in [-0.3, -0.25) is 4.79 Å². The third-order valence-corrected chi connectivity index (χ3v) is 3.48. The van der Waals surface area contributed by atoms with Crippen LogP contribution in [0.3, 0.4) is 0 Å². The number of methoxy groups -OCH3 is 1. The summed E-state index contributed by atoms with van der Waals surface area (Å²) in [4.78, 5) is 23.3. The van der Waals surface area contributed by atoms with Crippen LogP contribution in [-0.4, -0.2) is 17.6 Å². The van der Waals surface area contributed by atoms with E-state index in [2.05, 4.69) is 20.7 Å². The van der Waals surface area contributed by atoms with Crippen LogP contribution in [0.5, 0.6) is 0 Å². The number of carbonyl (C=O) groups excluding carboxylic acids is 1. The number of pyridine rings is 1. The standard InChI is InChI=1S/C15H14BrNO3/c1-10-7-13(16)14(18)17(8-10)9-11-3-5-12(6-4-11)15(19)20-2/h3-8H,9H2,1-2H3. The van der Waals surface area contributed by atoms with E-state index in [0.717, 1.165) is 11.1 Å². The predicted molar refractivity (Wildman–Crippen MR) is 80.0 cm³/mol. The van der Waals surface area contributed by atoms with Gasteiger partial charge in [-0.1, -0.05) is 12.1 Å². The van der Waals surface area contributed by atoms with Crippen LogP contribution in [0.4, 0.5) is 0 Å². The fourth-order valence-electron chi connectivity index (χ4n) is 1.92. The number of rotatable bonds is 3. The average molecular weight is 336 g/mol. The lowest BCUT2D eigenvalue weighted by Crippen LogP contribution is -2.21. The molecule has 2 rings (SSSR count). The molecular weight excluding hydrogens is 322 g/mol. The maximum absolute atomic E-state index is 12.0. The van der Waals surface area contributed by atoms with Gasteiger partial charge in [0.15, 0.2) is 0 Å². The van der Waals surface area contributed by atoms with Crippen LogP contribution in [0.15, 0.2) is 45.8 Å². The molecule has 0 spiro atoms. The van der Waals surface area contributed by atoms with E-state index in [1.807, 2.05) is 19.1 Å². The van der Waals surface area contributed by atoms with E-state index in [0.29, 0.717) is 16.6 Å². The van der Waals surface area contributed by atoms with Crippen LogP contribution >= 0.6 is 15.9 Å². The van der Waals surface area contributed by atoms with Crippen LogP contribution in [0.1, 0.15) is 21.5 Å². The summed E-state index contributed by atoms with van der Waals surface area (Å²) in [5.41, 5.74) is 2.36. The van der Waals surface area contributed by atoms with Gasteiger partial charge in [-0.25, -0.2) is 4.79 Å². The van der Waals surface area contributed by atoms with Gasteiger partial charge in [0.25, 0.3) is 5.56 Å². The zero-order chi connectivity index (χ0) is 14.7. The number of benzene rings is 1. The van der Waals surface area contributed by atoms with E-state index in [1.54, 1.807) is 29.0 Å². The third kappa shape index (κ3) is 3.17. The molecule has 104 valence electrons. The van der Waals surface area contributed by atoms with Crippen molar-refractivity contribution in [1.29, 1.82) is 0 Å². The second-order valence-corrected chi connectivity index (χ2v) is 5.34. The van der Waals surface area contributed by atoms with E-state index in [9.17, 15) is 9.59 Å². The van der Waals surface area contributed by atoms with E-state index < -0.39 is 0 Å². The number of ether oxygens (including phenoxy) is 1. The number of nitrogens with zero attached hydrogens (tertiary/aromatic N) is 1. The van der Waals surface area contributed by atoms with E-state index in [4.69, 9.17) is 0 Å². The molecule has 1 heterocycles. The Hall–Kier alpha value is -1.88. The number of aryl methyl sites for hydroxylation is 1. The summed E-state index contributed by atoms with van der Waals surface area (Å²) in [6.07, 6.45) is 1.81. The molecule has 0 bridgehead atoms. The quantitative estimate of drug-likeness (QED) is 0.810. The van der Waals surface area contributed by atoms with Crippen molar-refractivity contribution in [1.82, 2.24) is 4.57 Å². The molecule has 4 nitrogen and oxygen atoms in total. The SMILES string of the molecule is COC(=O)c1ccc(Cn2cc(C)cc(Br)c2=O)cc1. The summed E-state index contributed by atoms with van der Waals surface area (Å²) >= 11 is 3.26. The van der Waals surface area contributed by atoms with Crippen molar-refractivity contribution >= 4 is 21.9 Å². The summed E-state index contributed by atoms with van der Waals surface area (Å²) < 4.78 is 6.82. The van der Waals surface area contributed by atoms with Crippen LogP contribution in [0.2, 0.25) is 0 Å². The molecule has 0 unspecified atom stereocenters. The van der Waals surface area contributed by atoms with Gasteiger partial charge in [-0.15, -0.1) is 0 Å². The number of hydrogen-bond acceptors (Lipinski definition) is 3. The number of halogens is 1. The van der Waals surface area contributed by atoms with Crippen molar-refractivity contribution in [3.63, 3.8) is 0 Å². The molecule has 0 fully saturated rings. The molecule has 0 amide bonds. The molecule has 0 saturated carbocycles. The molecule has 2 aromatic rings. The van der Waals surface area contributed by atoms with Crippen molar-refractivity contribution in [3.8, 4) is 0 Å². The Bertz CT molecular complexity index is 689. The summed E-state index contributed by atoms with van der Waals surface area (Å²) in [6.45, 7) is 2.39. The number of hydrogen-bond donors (Lipinski definition) is 0. The Morgan fingerprint density at radius 2 is 1.95 bits per heavy atom. The maximum Gasteiger partial charge on any atom is 0.337 e. The third-order valence-electron chi connectivity index (χ3n) is 2.91. The number of aromatic nitrogens is 1. The Morgan fingerprint density at radius 1 is 1.30 bits per heavy atom. The molecule has 0 N–H and O–H groups in total. The summed E-state index contributed by atoms with van der Waals surface area (Å²) in [6, 6.07) is 8.80. The zero-order valence-corrected chi connectivity index (χ0v) is 12.8. The fourth-order valence-corrected chi connectivity index (χ4v) is 2.51. The molecule has 1 aromatic heterocycles. The van der Waals surface area contributed by atoms with Crippen molar-refractivity contribution in [3.05, 3.63) is 68.0 Å². The van der Waals surface area contributed by atoms with Gasteiger partial charge in [0, 0.05) is 6.20 Å². The second-order valence-electron chi connectivity index (χ2n) is 4.49. The highest BCUT2D eigenvalue weighted by Crippen LogP contribution is 2.10. The van der Waals surface area contributed by atoms with Gasteiger partial charge in [0.1, 0.15) is 0 Å². The number of carbonyl (C=O) groups is 1. The van der Waals surface area contributed by atoms with Crippen LogP contribution in [0.25, 0.3) is 0 Å². The summed E-state index contributed by atoms with van der Waals surface area (Å²) in [5, 5.41) is 0. The minimum absolute atomic E-state index is 0.0763. The Kier molecular flexibility index (Phi) is 4.39. The topological polar surface area (TPSA) is 48.3 Å². The summed E-state index contributed by atoms with van der Waals surface area (Å²) in [5.74, 6) is -0.369. The van der Waals surface area contributed by atoms with Crippen LogP contribution < -0.4 is 5.56 Å². The molecule has 0 radical (unpaired) electrons. The fraction of sp³-hybridized carbons (Fsp3) is 0.200. The van der Waals surface area contributed by atoms with Gasteiger partial charge >= 0.3 is 5.97 Å². The van der Waals surface area contributed by atoms with Crippen molar-refractivity contribution in [2.24, 2.45) is 0 Å². The van der Waals surface area contributed by atoms with E-state index >= 15 is 0 Å². The molecule has 0 atom stereocenters. The first kappa shape index (κ1) is 14.5. The first-order valence-electron chi connectivity index (χ1n) is 6.05. The second kappa shape index (κ2) is 6.05. The minimum atomic E-state index is -0.369. The molecule has 20 heavy (non-hydrogen) atoms. The largest absolute Gasteiger partial charge is 0.465 e. The predicted octanol–water partition coefficient (Wildman–Crippen LogP) is 2.75. The molecular formula is C15H14BrNO3. The monoisotopic (exact) mass is 335 g/mol. The lowest BCUT2D eigenvalue weighted by molar-refractivity contribution is 0.0600. The zero-order valence-electron chi connectivity index (χ0n) is 11.2. The van der Waals surface area contributed by atoms with Gasteiger partial charge in [0.05, 0.1) is 23.7 Å². The molecule has 0 aliphatic heterocycles. The van der Waals surface area contributed by atoms with E-state index in [1.165, 1.54) is 7.11 Å². The minimum Gasteiger partial charge on any atom is -0.465 e. The highest BCUT2D eigenvalue weighted by atomic mass is 79.9. The highest BCUT2D eigenvalue weighted by Gasteiger charge is 2.06. The van der Waals surface area contributed by atoms with E-state index in [-0.39, 0.29) is 11.5 Å². The molecule has 0 aliphatic rings. The van der Waals surface area contributed by atoms with Crippen molar-refractivity contribution in [2.75, 3.05) is 7.11 Å². The first-order chi connectivity index (χ1) is 9.51. The van der Waals surface area contributed by atoms with Gasteiger partial charge < -0.3 is 9.30 Å². The maximum atomic E-state index is 12.0. The Labute approximate surface area is 125 Å². The smallest absolute Gasteiger partial charge is 0.337 e. The average Bonchev–Trinajstić information content (AvgIpc) is 2.44. The van der Waals surface area contributed by atoms with Crippen LogP contribution in [0, 0.1) is 6.92 Å². The lowest BCUT2D eigenvalue weighted by atomic mass is 10.1. The van der Waals surface area contributed by atoms with Crippen molar-refractivity contribution < 1.29 is 9.53 Å². The first-order valence-corrected chi connectivity index (χ1v) is 6.84. The Morgan fingerprint density at radius 3 is 2.55 bits per heavy atom. The molecule has 0 aliphatic carbocycles. The highest BCUT2D eigenvalue weighted by molar-refractivity contribution is 9.10. The summed E-state index contributed by atoms with van der Waals surface area (Å²) in [7, 11) is 1.35.